The zero-order chi connectivity index (χ0) is 24.5. The fraction of sp³-hybridized carbons (Fsp3) is 0.0741. The molecule has 8 heteroatoms. The predicted molar refractivity (Wildman–Crippen MR) is 136 cm³/mol. The molecule has 0 N–H and O–H groups in total. The number of thioether (sulfide) groups is 1. The maximum Gasteiger partial charge on any atom is 0.293 e. The molecule has 35 heavy (non-hydrogen) atoms. The molecule has 1 aliphatic rings. The second kappa shape index (κ2) is 9.52. The predicted octanol–water partition coefficient (Wildman–Crippen LogP) is 6.40. The lowest BCUT2D eigenvalue weighted by Crippen LogP contribution is -2.33. The van der Waals surface area contributed by atoms with Crippen LogP contribution >= 0.6 is 23.4 Å². The number of nitrogens with zero attached hydrogens (tertiary/aromatic N) is 2. The number of benzene rings is 3. The van der Waals surface area contributed by atoms with E-state index in [0.717, 1.165) is 33.1 Å². The van der Waals surface area contributed by atoms with Gasteiger partial charge in [-0.2, -0.15) is 0 Å². The van der Waals surface area contributed by atoms with Crippen LogP contribution in [0.5, 0.6) is 0 Å². The molecular weight excluding hydrogens is 487 g/mol. The number of hydrogen-bond donors (Lipinski definition) is 0. The van der Waals surface area contributed by atoms with E-state index in [1.165, 1.54) is 6.07 Å². The lowest BCUT2D eigenvalue weighted by molar-refractivity contribution is -0.122. The van der Waals surface area contributed by atoms with Gasteiger partial charge in [-0.15, -0.1) is 0 Å². The first kappa shape index (κ1) is 23.1. The van der Waals surface area contributed by atoms with Crippen LogP contribution < -0.4 is 0 Å². The van der Waals surface area contributed by atoms with E-state index in [1.807, 2.05) is 35.0 Å². The van der Waals surface area contributed by atoms with Crippen molar-refractivity contribution in [2.24, 2.45) is 0 Å². The number of aromatic nitrogens is 1. The zero-order valence-electron chi connectivity index (χ0n) is 18.3. The van der Waals surface area contributed by atoms with E-state index in [2.05, 4.69) is 0 Å². The number of Topliss-reactive ketones (excluding diaryl/α,β-unsaturated/α-hetero) is 1. The van der Waals surface area contributed by atoms with Crippen molar-refractivity contribution in [2.45, 2.75) is 6.54 Å². The van der Waals surface area contributed by atoms with E-state index in [9.17, 15) is 18.8 Å². The molecule has 1 fully saturated rings. The lowest BCUT2D eigenvalue weighted by atomic mass is 10.1. The third-order valence-electron chi connectivity index (χ3n) is 5.75. The quantitative estimate of drug-likeness (QED) is 0.225. The molecule has 0 saturated carbocycles. The fourth-order valence-corrected chi connectivity index (χ4v) is 4.93. The minimum atomic E-state index is -0.520. The van der Waals surface area contributed by atoms with Gasteiger partial charge in [0.2, 0.25) is 0 Å². The summed E-state index contributed by atoms with van der Waals surface area (Å²) in [4.78, 5) is 39.3. The molecule has 2 heterocycles. The number of ketones is 1. The third-order valence-corrected chi connectivity index (χ3v) is 6.91. The van der Waals surface area contributed by atoms with Crippen molar-refractivity contribution in [1.29, 1.82) is 0 Å². The Morgan fingerprint density at radius 2 is 1.69 bits per heavy atom. The number of para-hydroxylation sites is 1. The highest BCUT2D eigenvalue weighted by Gasteiger charge is 2.36. The van der Waals surface area contributed by atoms with Crippen molar-refractivity contribution < 1.29 is 18.8 Å². The van der Waals surface area contributed by atoms with Gasteiger partial charge in [0.1, 0.15) is 5.82 Å². The number of halogens is 2. The van der Waals surface area contributed by atoms with Gasteiger partial charge in [0.05, 0.1) is 18.0 Å². The van der Waals surface area contributed by atoms with Crippen molar-refractivity contribution in [3.05, 3.63) is 111 Å². The number of fused-ring (bicyclic) bond motifs is 1. The SMILES string of the molecule is O=C(CN1C(=O)S/C(=C\c2cn(Cc3ccccc3F)c3ccccc23)C1=O)c1ccc(Cl)cc1. The maximum absolute atomic E-state index is 14.2. The van der Waals surface area contributed by atoms with Gasteiger partial charge in [0, 0.05) is 38.8 Å². The molecule has 4 aromatic rings. The molecule has 5 rings (SSSR count). The molecule has 1 saturated heterocycles. The van der Waals surface area contributed by atoms with Gasteiger partial charge < -0.3 is 4.57 Å². The van der Waals surface area contributed by atoms with Gasteiger partial charge in [-0.05, 0) is 54.2 Å². The van der Waals surface area contributed by atoms with Gasteiger partial charge in [-0.3, -0.25) is 19.3 Å². The van der Waals surface area contributed by atoms with Crippen molar-refractivity contribution in [3.8, 4) is 0 Å². The second-order valence-electron chi connectivity index (χ2n) is 8.02. The summed E-state index contributed by atoms with van der Waals surface area (Å²) in [5.41, 5.74) is 2.51. The first-order valence-corrected chi connectivity index (χ1v) is 12.0. The molecule has 174 valence electrons. The minimum absolute atomic E-state index is 0.229. The standard InChI is InChI=1S/C27H18ClFN2O3S/c28-20-11-9-17(10-12-20)24(32)16-31-26(33)25(35-27(31)34)13-19-15-30(23-8-4-2-6-21(19)23)14-18-5-1-3-7-22(18)29/h1-13,15H,14,16H2/b25-13-. The van der Waals surface area contributed by atoms with E-state index in [0.29, 0.717) is 22.7 Å². The van der Waals surface area contributed by atoms with Crippen LogP contribution in [-0.4, -0.2) is 32.9 Å². The van der Waals surface area contributed by atoms with Gasteiger partial charge >= 0.3 is 0 Å². The number of rotatable bonds is 6. The number of carbonyl (C=O) groups excluding carboxylic acids is 3. The molecule has 0 atom stereocenters. The highest BCUT2D eigenvalue weighted by atomic mass is 35.5. The number of carbonyl (C=O) groups is 3. The van der Waals surface area contributed by atoms with Crippen LogP contribution in [0.4, 0.5) is 9.18 Å². The van der Waals surface area contributed by atoms with Crippen LogP contribution in [0, 0.1) is 5.82 Å². The average molecular weight is 505 g/mol. The highest BCUT2D eigenvalue weighted by molar-refractivity contribution is 8.18. The van der Waals surface area contributed by atoms with E-state index in [-0.39, 0.29) is 23.1 Å². The fourth-order valence-electron chi connectivity index (χ4n) is 3.98. The average Bonchev–Trinajstić information content (AvgIpc) is 3.33. The first-order chi connectivity index (χ1) is 16.9. The molecule has 0 spiro atoms. The first-order valence-electron chi connectivity index (χ1n) is 10.8. The van der Waals surface area contributed by atoms with Crippen LogP contribution in [-0.2, 0) is 11.3 Å². The largest absolute Gasteiger partial charge is 0.342 e. The molecule has 5 nitrogen and oxygen atoms in total. The summed E-state index contributed by atoms with van der Waals surface area (Å²) in [5, 5.41) is 0.858. The smallest absolute Gasteiger partial charge is 0.293 e. The van der Waals surface area contributed by atoms with Gasteiger partial charge in [0.25, 0.3) is 11.1 Å². The van der Waals surface area contributed by atoms with Crippen molar-refractivity contribution >= 4 is 57.3 Å². The van der Waals surface area contributed by atoms with Crippen LogP contribution in [0.1, 0.15) is 21.5 Å². The Morgan fingerprint density at radius 1 is 0.971 bits per heavy atom. The molecule has 2 amide bonds. The number of amides is 2. The summed E-state index contributed by atoms with van der Waals surface area (Å²) in [6, 6.07) is 20.5. The molecule has 0 unspecified atom stereocenters. The molecule has 0 aliphatic carbocycles. The Balaban J connectivity index is 1.43. The lowest BCUT2D eigenvalue weighted by Gasteiger charge is -2.11. The Hall–Kier alpha value is -3.68. The Kier molecular flexibility index (Phi) is 6.28. The summed E-state index contributed by atoms with van der Waals surface area (Å²) < 4.78 is 16.2. The van der Waals surface area contributed by atoms with Crippen molar-refractivity contribution in [3.63, 3.8) is 0 Å². The van der Waals surface area contributed by atoms with Gasteiger partial charge in [0.15, 0.2) is 5.78 Å². The molecule has 0 bridgehead atoms. The third kappa shape index (κ3) is 4.65. The van der Waals surface area contributed by atoms with Crippen LogP contribution in [0.25, 0.3) is 17.0 Å². The second-order valence-corrected chi connectivity index (χ2v) is 9.45. The summed E-state index contributed by atoms with van der Waals surface area (Å²) in [5.74, 6) is -1.17. The number of imide groups is 1. The monoisotopic (exact) mass is 504 g/mol. The molecule has 3 aromatic carbocycles. The van der Waals surface area contributed by atoms with E-state index in [4.69, 9.17) is 11.6 Å². The van der Waals surface area contributed by atoms with Crippen molar-refractivity contribution in [1.82, 2.24) is 9.47 Å². The highest BCUT2D eigenvalue weighted by Crippen LogP contribution is 2.34. The van der Waals surface area contributed by atoms with E-state index < -0.39 is 11.1 Å². The van der Waals surface area contributed by atoms with Gasteiger partial charge in [-0.25, -0.2) is 4.39 Å². The van der Waals surface area contributed by atoms with Crippen LogP contribution in [0.3, 0.4) is 0 Å². The normalized spacial score (nSPS) is 14.9. The minimum Gasteiger partial charge on any atom is -0.342 e. The zero-order valence-corrected chi connectivity index (χ0v) is 19.9. The van der Waals surface area contributed by atoms with E-state index in [1.54, 1.807) is 48.5 Å². The topological polar surface area (TPSA) is 59.4 Å². The van der Waals surface area contributed by atoms with E-state index >= 15 is 0 Å². The Bertz CT molecular complexity index is 1510. The summed E-state index contributed by atoms with van der Waals surface area (Å²) in [6.45, 7) is -0.0310. The molecule has 1 aliphatic heterocycles. The summed E-state index contributed by atoms with van der Waals surface area (Å²) >= 11 is 6.66. The number of hydrogen-bond acceptors (Lipinski definition) is 4. The Morgan fingerprint density at radius 3 is 2.46 bits per heavy atom. The molecule has 1 aromatic heterocycles. The summed E-state index contributed by atoms with van der Waals surface area (Å²) in [6.07, 6.45) is 3.49. The van der Waals surface area contributed by atoms with Crippen molar-refractivity contribution in [2.75, 3.05) is 6.54 Å². The van der Waals surface area contributed by atoms with Crippen LogP contribution in [0.15, 0.2) is 83.9 Å². The molecular formula is C27H18ClFN2O3S. The van der Waals surface area contributed by atoms with Crippen LogP contribution in [0.2, 0.25) is 5.02 Å². The summed E-state index contributed by atoms with van der Waals surface area (Å²) in [7, 11) is 0. The Labute approximate surface area is 209 Å². The van der Waals surface area contributed by atoms with Gasteiger partial charge in [-0.1, -0.05) is 48.0 Å². The molecule has 0 radical (unpaired) electrons. The maximum atomic E-state index is 14.2.